The largest absolute Gasteiger partial charge is 0.478 e. The Kier molecular flexibility index (Phi) is 3.35. The molecule has 1 aromatic carbocycles. The summed E-state index contributed by atoms with van der Waals surface area (Å²) in [5.41, 5.74) is -1.34. The van der Waals surface area contributed by atoms with Gasteiger partial charge in [-0.1, -0.05) is 0 Å². The van der Waals surface area contributed by atoms with Gasteiger partial charge in [-0.2, -0.15) is 14.0 Å². The van der Waals surface area contributed by atoms with Crippen LogP contribution >= 0.6 is 0 Å². The lowest BCUT2D eigenvalue weighted by molar-refractivity contribution is -0.0525. The topological polar surface area (TPSA) is 70.3 Å². The fourth-order valence-corrected chi connectivity index (χ4v) is 1.01. The van der Waals surface area contributed by atoms with Crippen LogP contribution in [0.15, 0.2) is 12.1 Å². The summed E-state index contributed by atoms with van der Waals surface area (Å²) >= 11 is 0. The van der Waals surface area contributed by atoms with Gasteiger partial charge in [0.1, 0.15) is 6.07 Å². The average molecular weight is 231 g/mol. The van der Waals surface area contributed by atoms with Gasteiger partial charge >= 0.3 is 12.6 Å². The molecule has 1 rings (SSSR count). The van der Waals surface area contributed by atoms with Crippen LogP contribution in [0.1, 0.15) is 15.9 Å². The van der Waals surface area contributed by atoms with Crippen LogP contribution in [0, 0.1) is 17.1 Å². The van der Waals surface area contributed by atoms with Gasteiger partial charge in [0.15, 0.2) is 11.6 Å². The van der Waals surface area contributed by atoms with Crippen LogP contribution in [-0.4, -0.2) is 17.7 Å². The van der Waals surface area contributed by atoms with E-state index < -0.39 is 35.3 Å². The van der Waals surface area contributed by atoms with Gasteiger partial charge in [-0.25, -0.2) is 9.18 Å². The predicted molar refractivity (Wildman–Crippen MR) is 44.7 cm³/mol. The number of hydrogen-bond donors (Lipinski definition) is 1. The first-order chi connectivity index (χ1) is 7.47. The van der Waals surface area contributed by atoms with E-state index in [4.69, 9.17) is 10.4 Å². The van der Waals surface area contributed by atoms with E-state index >= 15 is 0 Å². The Morgan fingerprint density at radius 3 is 2.56 bits per heavy atom. The summed E-state index contributed by atoms with van der Waals surface area (Å²) in [4.78, 5) is 10.5. The van der Waals surface area contributed by atoms with E-state index in [0.29, 0.717) is 0 Å². The molecule has 16 heavy (non-hydrogen) atoms. The number of rotatable bonds is 3. The van der Waals surface area contributed by atoms with Crippen molar-refractivity contribution in [1.82, 2.24) is 0 Å². The molecule has 0 amide bonds. The minimum Gasteiger partial charge on any atom is -0.478 e. The van der Waals surface area contributed by atoms with E-state index in [0.717, 1.165) is 12.1 Å². The van der Waals surface area contributed by atoms with Crippen LogP contribution in [0.2, 0.25) is 0 Å². The number of carbonyl (C=O) groups is 1. The monoisotopic (exact) mass is 231 g/mol. The molecule has 7 heteroatoms. The maximum Gasteiger partial charge on any atom is 0.387 e. The standard InChI is InChI=1S/C9H4F3NO3/c10-6-5(8(14)15)2-1-4(3-13)7(6)16-9(11)12/h1-2,9H,(H,14,15). The molecule has 84 valence electrons. The Labute approximate surface area is 87.5 Å². The zero-order chi connectivity index (χ0) is 12.3. The van der Waals surface area contributed by atoms with Gasteiger partial charge in [0.25, 0.3) is 0 Å². The molecular weight excluding hydrogens is 227 g/mol. The number of carboxylic acids is 1. The summed E-state index contributed by atoms with van der Waals surface area (Å²) in [6.45, 7) is -3.34. The van der Waals surface area contributed by atoms with E-state index in [1.165, 1.54) is 6.07 Å². The Morgan fingerprint density at radius 1 is 1.50 bits per heavy atom. The van der Waals surface area contributed by atoms with Crippen molar-refractivity contribution in [3.05, 3.63) is 29.1 Å². The second kappa shape index (κ2) is 4.53. The smallest absolute Gasteiger partial charge is 0.387 e. The number of hydrogen-bond acceptors (Lipinski definition) is 3. The molecule has 4 nitrogen and oxygen atoms in total. The number of halogens is 3. The van der Waals surface area contributed by atoms with Crippen LogP contribution < -0.4 is 4.74 Å². The number of nitrogens with zero attached hydrogens (tertiary/aromatic N) is 1. The first-order valence-electron chi connectivity index (χ1n) is 3.88. The van der Waals surface area contributed by atoms with Gasteiger partial charge < -0.3 is 9.84 Å². The predicted octanol–water partition coefficient (Wildman–Crippen LogP) is 2.00. The zero-order valence-corrected chi connectivity index (χ0v) is 7.58. The lowest BCUT2D eigenvalue weighted by Crippen LogP contribution is -2.09. The Hall–Kier alpha value is -2.23. The summed E-state index contributed by atoms with van der Waals surface area (Å²) in [6, 6.07) is 3.11. The Balaban J connectivity index is 3.36. The van der Waals surface area contributed by atoms with E-state index in [9.17, 15) is 18.0 Å². The lowest BCUT2D eigenvalue weighted by Gasteiger charge is -2.08. The van der Waals surface area contributed by atoms with Crippen LogP contribution in [-0.2, 0) is 0 Å². The van der Waals surface area contributed by atoms with Crippen molar-refractivity contribution in [2.75, 3.05) is 0 Å². The van der Waals surface area contributed by atoms with Crippen molar-refractivity contribution in [2.24, 2.45) is 0 Å². The van der Waals surface area contributed by atoms with Gasteiger partial charge in [0.05, 0.1) is 11.1 Å². The van der Waals surface area contributed by atoms with E-state index in [2.05, 4.69) is 4.74 Å². The molecule has 0 aliphatic carbocycles. The summed E-state index contributed by atoms with van der Waals surface area (Å²) in [7, 11) is 0. The molecular formula is C9H4F3NO3. The maximum absolute atomic E-state index is 13.3. The molecule has 0 saturated carbocycles. The van der Waals surface area contributed by atoms with Gasteiger partial charge in [0.2, 0.25) is 0 Å². The number of alkyl halides is 2. The number of benzene rings is 1. The minimum atomic E-state index is -3.34. The van der Waals surface area contributed by atoms with Gasteiger partial charge in [-0.3, -0.25) is 0 Å². The SMILES string of the molecule is N#Cc1ccc(C(=O)O)c(F)c1OC(F)F. The Morgan fingerprint density at radius 2 is 2.12 bits per heavy atom. The number of carboxylic acid groups (broad SMARTS) is 1. The van der Waals surface area contributed by atoms with Gasteiger partial charge in [-0.05, 0) is 12.1 Å². The molecule has 1 aromatic rings. The summed E-state index contributed by atoms with van der Waals surface area (Å²) < 4.78 is 40.9. The molecule has 0 heterocycles. The lowest BCUT2D eigenvalue weighted by atomic mass is 10.1. The van der Waals surface area contributed by atoms with Crippen LogP contribution in [0.4, 0.5) is 13.2 Å². The zero-order valence-electron chi connectivity index (χ0n) is 7.58. The first kappa shape index (κ1) is 11.8. The highest BCUT2D eigenvalue weighted by molar-refractivity contribution is 5.88. The summed E-state index contributed by atoms with van der Waals surface area (Å²) in [6.07, 6.45) is 0. The summed E-state index contributed by atoms with van der Waals surface area (Å²) in [5.74, 6) is -4.19. The highest BCUT2D eigenvalue weighted by Crippen LogP contribution is 2.26. The third kappa shape index (κ3) is 2.23. The second-order valence-electron chi connectivity index (χ2n) is 2.60. The fourth-order valence-electron chi connectivity index (χ4n) is 1.01. The number of aromatic carboxylic acids is 1. The van der Waals surface area contributed by atoms with E-state index in [1.54, 1.807) is 0 Å². The third-order valence-electron chi connectivity index (χ3n) is 1.65. The van der Waals surface area contributed by atoms with Crippen molar-refractivity contribution in [3.63, 3.8) is 0 Å². The number of nitriles is 1. The minimum absolute atomic E-state index is 0.497. The molecule has 0 aromatic heterocycles. The Bertz CT molecular complexity index is 468. The highest BCUT2D eigenvalue weighted by atomic mass is 19.3. The van der Waals surface area contributed by atoms with Gasteiger partial charge in [-0.15, -0.1) is 0 Å². The molecule has 0 aliphatic rings. The van der Waals surface area contributed by atoms with Crippen LogP contribution in [0.5, 0.6) is 5.75 Å². The van der Waals surface area contributed by atoms with Crippen molar-refractivity contribution in [2.45, 2.75) is 6.61 Å². The highest BCUT2D eigenvalue weighted by Gasteiger charge is 2.21. The van der Waals surface area contributed by atoms with E-state index in [-0.39, 0.29) is 0 Å². The van der Waals surface area contributed by atoms with Crippen molar-refractivity contribution >= 4 is 5.97 Å². The van der Waals surface area contributed by atoms with Gasteiger partial charge in [0, 0.05) is 0 Å². The molecule has 0 bridgehead atoms. The molecule has 0 saturated heterocycles. The maximum atomic E-state index is 13.3. The van der Waals surface area contributed by atoms with Crippen molar-refractivity contribution in [3.8, 4) is 11.8 Å². The third-order valence-corrected chi connectivity index (χ3v) is 1.65. The van der Waals surface area contributed by atoms with Crippen molar-refractivity contribution in [1.29, 1.82) is 5.26 Å². The number of ether oxygens (including phenoxy) is 1. The molecule has 0 unspecified atom stereocenters. The molecule has 0 radical (unpaired) electrons. The molecule has 0 spiro atoms. The van der Waals surface area contributed by atoms with Crippen LogP contribution in [0.3, 0.4) is 0 Å². The quantitative estimate of drug-likeness (QED) is 0.863. The normalized spacial score (nSPS) is 9.94. The van der Waals surface area contributed by atoms with Crippen LogP contribution in [0.25, 0.3) is 0 Å². The van der Waals surface area contributed by atoms with Crippen molar-refractivity contribution < 1.29 is 27.8 Å². The fraction of sp³-hybridized carbons (Fsp3) is 0.111. The molecule has 0 aliphatic heterocycles. The molecule has 1 N–H and O–H groups in total. The summed E-state index contributed by atoms with van der Waals surface area (Å²) in [5, 5.41) is 17.0. The molecule has 0 atom stereocenters. The second-order valence-corrected chi connectivity index (χ2v) is 2.60. The first-order valence-corrected chi connectivity index (χ1v) is 3.88. The molecule has 0 fully saturated rings. The average Bonchev–Trinajstić information content (AvgIpc) is 2.19. The van der Waals surface area contributed by atoms with E-state index in [1.807, 2.05) is 0 Å².